The fourth-order valence-electron chi connectivity index (χ4n) is 3.37. The van der Waals surface area contributed by atoms with E-state index in [1.165, 1.54) is 0 Å². The molecule has 0 aliphatic heterocycles. The number of amides is 1. The van der Waals surface area contributed by atoms with Gasteiger partial charge in [0.2, 0.25) is 0 Å². The van der Waals surface area contributed by atoms with Crippen LogP contribution in [0.5, 0.6) is 0 Å². The highest BCUT2D eigenvalue weighted by atomic mass is 16.1. The molecule has 0 aromatic carbocycles. The van der Waals surface area contributed by atoms with E-state index in [0.29, 0.717) is 18.0 Å². The molecule has 1 N–H and O–H groups in total. The molecule has 1 unspecified atom stereocenters. The molecule has 0 radical (unpaired) electrons. The Hall–Kier alpha value is -2.70. The summed E-state index contributed by atoms with van der Waals surface area (Å²) in [6, 6.07) is 3.87. The lowest BCUT2D eigenvalue weighted by Crippen LogP contribution is -2.30. The first-order valence-corrected chi connectivity index (χ1v) is 9.77. The summed E-state index contributed by atoms with van der Waals surface area (Å²) in [5.41, 5.74) is 2.54. The van der Waals surface area contributed by atoms with Gasteiger partial charge in [0.05, 0.1) is 17.1 Å². The summed E-state index contributed by atoms with van der Waals surface area (Å²) in [6.45, 7) is 6.42. The fourth-order valence-corrected chi connectivity index (χ4v) is 3.37. The number of rotatable bonds is 8. The van der Waals surface area contributed by atoms with Gasteiger partial charge in [0, 0.05) is 43.6 Å². The Morgan fingerprint density at radius 2 is 2.22 bits per heavy atom. The van der Waals surface area contributed by atoms with Crippen molar-refractivity contribution in [2.45, 2.75) is 52.1 Å². The number of carbonyl (C=O) groups is 1. The van der Waals surface area contributed by atoms with Gasteiger partial charge < -0.3 is 5.32 Å². The van der Waals surface area contributed by atoms with Crippen molar-refractivity contribution >= 4 is 16.9 Å². The number of hydrogen-bond acceptors (Lipinski definition) is 4. The van der Waals surface area contributed by atoms with Gasteiger partial charge in [-0.1, -0.05) is 13.8 Å². The van der Waals surface area contributed by atoms with Crippen LogP contribution in [0.3, 0.4) is 0 Å². The zero-order chi connectivity index (χ0) is 18.8. The highest BCUT2D eigenvalue weighted by Gasteiger charge is 2.28. The molecule has 7 heteroatoms. The van der Waals surface area contributed by atoms with Crippen molar-refractivity contribution in [2.24, 2.45) is 5.92 Å². The van der Waals surface area contributed by atoms with Crippen molar-refractivity contribution in [1.82, 2.24) is 29.9 Å². The Morgan fingerprint density at radius 1 is 1.37 bits per heavy atom. The maximum absolute atomic E-state index is 12.9. The molecule has 1 fully saturated rings. The fraction of sp³-hybridized carbons (Fsp3) is 0.500. The molecule has 7 nitrogen and oxygen atoms in total. The van der Waals surface area contributed by atoms with E-state index < -0.39 is 0 Å². The van der Waals surface area contributed by atoms with E-state index in [-0.39, 0.29) is 11.8 Å². The van der Waals surface area contributed by atoms with Crippen LogP contribution in [0.1, 0.15) is 55.1 Å². The van der Waals surface area contributed by atoms with Crippen LogP contribution in [-0.4, -0.2) is 37.0 Å². The molecule has 3 aromatic rings. The molecular weight excluding hydrogens is 340 g/mol. The monoisotopic (exact) mass is 366 g/mol. The summed E-state index contributed by atoms with van der Waals surface area (Å²) in [5, 5.41) is 12.6. The maximum Gasteiger partial charge on any atom is 0.252 e. The molecule has 3 heterocycles. The molecule has 142 valence electrons. The third kappa shape index (κ3) is 3.86. The molecule has 27 heavy (non-hydrogen) atoms. The number of aromatic nitrogens is 5. The average molecular weight is 366 g/mol. The number of nitrogens with one attached hydrogen (secondary N) is 1. The summed E-state index contributed by atoms with van der Waals surface area (Å²) in [7, 11) is 0. The normalized spacial score (nSPS) is 15.2. The Labute approximate surface area is 158 Å². The zero-order valence-electron chi connectivity index (χ0n) is 15.9. The second-order valence-electron chi connectivity index (χ2n) is 7.52. The summed E-state index contributed by atoms with van der Waals surface area (Å²) in [6.07, 6.45) is 8.78. The van der Waals surface area contributed by atoms with Crippen LogP contribution in [0.25, 0.3) is 11.0 Å². The van der Waals surface area contributed by atoms with Gasteiger partial charge in [-0.2, -0.15) is 10.2 Å². The SMILES string of the molecule is CCCn1ncc2c(C(=O)NCC(C)Cn3cccn3)cc(C3CC3)nc21. The van der Waals surface area contributed by atoms with E-state index in [9.17, 15) is 4.79 Å². The molecular formula is C20H26N6O. The van der Waals surface area contributed by atoms with Crippen molar-refractivity contribution in [2.75, 3.05) is 6.54 Å². The van der Waals surface area contributed by atoms with Crippen molar-refractivity contribution < 1.29 is 4.79 Å². The third-order valence-electron chi connectivity index (χ3n) is 4.97. The van der Waals surface area contributed by atoms with Crippen LogP contribution in [-0.2, 0) is 13.1 Å². The minimum Gasteiger partial charge on any atom is -0.352 e. The van der Waals surface area contributed by atoms with Crippen molar-refractivity contribution in [3.8, 4) is 0 Å². The van der Waals surface area contributed by atoms with Crippen LogP contribution in [0.4, 0.5) is 0 Å². The van der Waals surface area contributed by atoms with E-state index in [4.69, 9.17) is 4.98 Å². The van der Waals surface area contributed by atoms with Gasteiger partial charge in [-0.15, -0.1) is 0 Å². The largest absolute Gasteiger partial charge is 0.352 e. The topological polar surface area (TPSA) is 77.6 Å². The van der Waals surface area contributed by atoms with E-state index in [0.717, 1.165) is 49.1 Å². The first-order chi connectivity index (χ1) is 13.2. The lowest BCUT2D eigenvalue weighted by molar-refractivity contribution is 0.0948. The van der Waals surface area contributed by atoms with Gasteiger partial charge >= 0.3 is 0 Å². The highest BCUT2D eigenvalue weighted by Crippen LogP contribution is 2.40. The second-order valence-corrected chi connectivity index (χ2v) is 7.52. The standard InChI is InChI=1S/C20H26N6O/c1-3-8-26-19-17(12-23-26)16(10-18(24-19)15-5-6-15)20(27)21-11-14(2)13-25-9-4-7-22-25/h4,7,9-10,12,14-15H,3,5-6,8,11,13H2,1-2H3,(H,21,27). The Kier molecular flexibility index (Phi) is 4.92. The minimum atomic E-state index is -0.0485. The Balaban J connectivity index is 1.53. The predicted octanol–water partition coefficient (Wildman–Crippen LogP) is 2.98. The number of carbonyl (C=O) groups excluding carboxylic acids is 1. The summed E-state index contributed by atoms with van der Waals surface area (Å²) in [5.74, 6) is 0.731. The van der Waals surface area contributed by atoms with Crippen LogP contribution in [0.2, 0.25) is 0 Å². The Bertz CT molecular complexity index is 926. The predicted molar refractivity (Wildman–Crippen MR) is 104 cm³/mol. The molecule has 1 amide bonds. The second kappa shape index (κ2) is 7.50. The average Bonchev–Trinajstić information content (AvgIpc) is 3.26. The number of nitrogens with zero attached hydrogens (tertiary/aromatic N) is 5. The van der Waals surface area contributed by atoms with Gasteiger partial charge in [0.25, 0.3) is 5.91 Å². The molecule has 1 aliphatic carbocycles. The van der Waals surface area contributed by atoms with Gasteiger partial charge in [-0.3, -0.25) is 9.48 Å². The van der Waals surface area contributed by atoms with E-state index in [1.54, 1.807) is 12.4 Å². The first kappa shape index (κ1) is 17.7. The molecule has 1 saturated carbocycles. The number of aryl methyl sites for hydroxylation is 1. The number of fused-ring (bicyclic) bond motifs is 1. The number of hydrogen-bond donors (Lipinski definition) is 1. The molecule has 0 spiro atoms. The van der Waals surface area contributed by atoms with Crippen LogP contribution >= 0.6 is 0 Å². The Morgan fingerprint density at radius 3 is 2.93 bits per heavy atom. The lowest BCUT2D eigenvalue weighted by atomic mass is 10.1. The third-order valence-corrected chi connectivity index (χ3v) is 4.97. The smallest absolute Gasteiger partial charge is 0.252 e. The van der Waals surface area contributed by atoms with Crippen molar-refractivity contribution in [3.63, 3.8) is 0 Å². The first-order valence-electron chi connectivity index (χ1n) is 9.77. The zero-order valence-corrected chi connectivity index (χ0v) is 15.9. The van der Waals surface area contributed by atoms with Crippen molar-refractivity contribution in [3.05, 3.63) is 42.0 Å². The van der Waals surface area contributed by atoms with E-state index in [2.05, 4.69) is 29.4 Å². The minimum absolute atomic E-state index is 0.0485. The molecule has 4 rings (SSSR count). The lowest BCUT2D eigenvalue weighted by Gasteiger charge is -2.14. The van der Waals surface area contributed by atoms with E-state index in [1.807, 2.05) is 27.7 Å². The molecule has 3 aromatic heterocycles. The summed E-state index contributed by atoms with van der Waals surface area (Å²) >= 11 is 0. The highest BCUT2D eigenvalue weighted by molar-refractivity contribution is 6.05. The van der Waals surface area contributed by atoms with Gasteiger partial charge in [0.15, 0.2) is 5.65 Å². The van der Waals surface area contributed by atoms with Crippen LogP contribution < -0.4 is 5.32 Å². The van der Waals surface area contributed by atoms with Gasteiger partial charge in [-0.25, -0.2) is 9.67 Å². The van der Waals surface area contributed by atoms with Crippen LogP contribution in [0.15, 0.2) is 30.7 Å². The number of pyridine rings is 1. The molecule has 1 atom stereocenters. The quantitative estimate of drug-likeness (QED) is 0.665. The molecule has 0 bridgehead atoms. The van der Waals surface area contributed by atoms with Crippen LogP contribution in [0, 0.1) is 5.92 Å². The molecule has 1 aliphatic rings. The van der Waals surface area contributed by atoms with Gasteiger partial charge in [0.1, 0.15) is 0 Å². The molecule has 0 saturated heterocycles. The van der Waals surface area contributed by atoms with E-state index >= 15 is 0 Å². The van der Waals surface area contributed by atoms with Gasteiger partial charge in [-0.05, 0) is 37.3 Å². The maximum atomic E-state index is 12.9. The van der Waals surface area contributed by atoms with Crippen molar-refractivity contribution in [1.29, 1.82) is 0 Å². The summed E-state index contributed by atoms with van der Waals surface area (Å²) in [4.78, 5) is 17.7. The summed E-state index contributed by atoms with van der Waals surface area (Å²) < 4.78 is 3.81.